The SMILES string of the molecule is CC(C)(CNC(=O)C1(CO)COC1)c1ccncc1. The van der Waals surface area contributed by atoms with Gasteiger partial charge in [-0.15, -0.1) is 0 Å². The van der Waals surface area contributed by atoms with Crippen LogP contribution in [0.25, 0.3) is 0 Å². The zero-order chi connectivity index (χ0) is 13.9. The first-order chi connectivity index (χ1) is 9.00. The van der Waals surface area contributed by atoms with E-state index in [1.54, 1.807) is 12.4 Å². The summed E-state index contributed by atoms with van der Waals surface area (Å²) >= 11 is 0. The van der Waals surface area contributed by atoms with Gasteiger partial charge in [-0.05, 0) is 17.7 Å². The lowest BCUT2D eigenvalue weighted by atomic mass is 9.83. The molecule has 5 nitrogen and oxygen atoms in total. The summed E-state index contributed by atoms with van der Waals surface area (Å²) < 4.78 is 5.04. The fourth-order valence-corrected chi connectivity index (χ4v) is 2.04. The molecule has 0 aromatic carbocycles. The van der Waals surface area contributed by atoms with Gasteiger partial charge >= 0.3 is 0 Å². The number of aromatic nitrogens is 1. The molecule has 0 aliphatic carbocycles. The van der Waals surface area contributed by atoms with Crippen LogP contribution in [0.4, 0.5) is 0 Å². The van der Waals surface area contributed by atoms with E-state index in [2.05, 4.69) is 24.1 Å². The van der Waals surface area contributed by atoms with Gasteiger partial charge in [0.2, 0.25) is 5.91 Å². The molecule has 2 heterocycles. The minimum absolute atomic E-state index is 0.136. The molecule has 1 aliphatic heterocycles. The van der Waals surface area contributed by atoms with Gasteiger partial charge in [-0.25, -0.2) is 0 Å². The third-order valence-electron chi connectivity index (χ3n) is 3.69. The molecule has 1 amide bonds. The van der Waals surface area contributed by atoms with E-state index in [-0.39, 0.29) is 17.9 Å². The number of pyridine rings is 1. The molecule has 0 bridgehead atoms. The van der Waals surface area contributed by atoms with E-state index in [0.717, 1.165) is 5.56 Å². The van der Waals surface area contributed by atoms with Gasteiger partial charge in [-0.1, -0.05) is 13.8 Å². The van der Waals surface area contributed by atoms with Crippen LogP contribution in [0.1, 0.15) is 19.4 Å². The van der Waals surface area contributed by atoms with E-state index >= 15 is 0 Å². The largest absolute Gasteiger partial charge is 0.395 e. The van der Waals surface area contributed by atoms with E-state index in [9.17, 15) is 9.90 Å². The van der Waals surface area contributed by atoms with Crippen molar-refractivity contribution in [3.63, 3.8) is 0 Å². The van der Waals surface area contributed by atoms with Crippen molar-refractivity contribution in [2.45, 2.75) is 19.3 Å². The summed E-state index contributed by atoms with van der Waals surface area (Å²) in [5.41, 5.74) is 0.194. The van der Waals surface area contributed by atoms with Crippen LogP contribution in [0, 0.1) is 5.41 Å². The second kappa shape index (κ2) is 5.27. The maximum absolute atomic E-state index is 12.1. The van der Waals surface area contributed by atoms with Crippen LogP contribution >= 0.6 is 0 Å². The maximum Gasteiger partial charge on any atom is 0.233 e. The molecule has 19 heavy (non-hydrogen) atoms. The topological polar surface area (TPSA) is 71.5 Å². The Bertz CT molecular complexity index is 436. The molecule has 0 radical (unpaired) electrons. The molecule has 5 heteroatoms. The summed E-state index contributed by atoms with van der Waals surface area (Å²) in [5.74, 6) is -0.136. The predicted octanol–water partition coefficient (Wildman–Crippen LogP) is 0.484. The Morgan fingerprint density at radius 2 is 2.11 bits per heavy atom. The zero-order valence-electron chi connectivity index (χ0n) is 11.3. The standard InChI is InChI=1S/C14H20N2O3/c1-13(2,11-3-5-15-6-4-11)7-16-12(18)14(8-17)9-19-10-14/h3-6,17H,7-10H2,1-2H3,(H,16,18). The molecular formula is C14H20N2O3. The van der Waals surface area contributed by atoms with Crippen LogP contribution in [-0.2, 0) is 14.9 Å². The maximum atomic E-state index is 12.1. The van der Waals surface area contributed by atoms with Crippen LogP contribution in [0.2, 0.25) is 0 Å². The number of aliphatic hydroxyl groups is 1. The monoisotopic (exact) mass is 264 g/mol. The van der Waals surface area contributed by atoms with Gasteiger partial charge in [0.15, 0.2) is 0 Å². The van der Waals surface area contributed by atoms with Crippen molar-refractivity contribution in [1.82, 2.24) is 10.3 Å². The van der Waals surface area contributed by atoms with Gasteiger partial charge in [-0.2, -0.15) is 0 Å². The highest BCUT2D eigenvalue weighted by atomic mass is 16.5. The summed E-state index contributed by atoms with van der Waals surface area (Å²) in [5, 5.41) is 12.2. The Kier molecular flexibility index (Phi) is 3.87. The number of ether oxygens (including phenoxy) is 1. The zero-order valence-corrected chi connectivity index (χ0v) is 11.3. The van der Waals surface area contributed by atoms with E-state index in [1.807, 2.05) is 12.1 Å². The number of nitrogens with zero attached hydrogens (tertiary/aromatic N) is 1. The predicted molar refractivity (Wildman–Crippen MR) is 70.6 cm³/mol. The molecule has 1 aromatic rings. The molecule has 1 fully saturated rings. The number of amides is 1. The van der Waals surface area contributed by atoms with E-state index in [1.165, 1.54) is 0 Å². The smallest absolute Gasteiger partial charge is 0.233 e. The van der Waals surface area contributed by atoms with Gasteiger partial charge in [-0.3, -0.25) is 9.78 Å². The van der Waals surface area contributed by atoms with Crippen molar-refractivity contribution >= 4 is 5.91 Å². The Hall–Kier alpha value is -1.46. The summed E-state index contributed by atoms with van der Waals surface area (Å²) in [6, 6.07) is 3.89. The lowest BCUT2D eigenvalue weighted by Crippen LogP contribution is -2.57. The van der Waals surface area contributed by atoms with Crippen LogP contribution in [-0.4, -0.2) is 42.4 Å². The minimum Gasteiger partial charge on any atom is -0.395 e. The molecule has 0 spiro atoms. The lowest BCUT2D eigenvalue weighted by Gasteiger charge is -2.39. The first-order valence-electron chi connectivity index (χ1n) is 6.38. The van der Waals surface area contributed by atoms with Crippen molar-refractivity contribution in [3.05, 3.63) is 30.1 Å². The highest BCUT2D eigenvalue weighted by Crippen LogP contribution is 2.28. The Morgan fingerprint density at radius 3 is 2.58 bits per heavy atom. The fraction of sp³-hybridized carbons (Fsp3) is 0.571. The molecule has 2 N–H and O–H groups in total. The van der Waals surface area contributed by atoms with Gasteiger partial charge in [0.05, 0.1) is 19.8 Å². The van der Waals surface area contributed by atoms with Crippen molar-refractivity contribution < 1.29 is 14.6 Å². The number of hydrogen-bond donors (Lipinski definition) is 2. The minimum atomic E-state index is -0.742. The van der Waals surface area contributed by atoms with Crippen molar-refractivity contribution in [2.75, 3.05) is 26.4 Å². The number of nitrogens with one attached hydrogen (secondary N) is 1. The van der Waals surface area contributed by atoms with Crippen LogP contribution < -0.4 is 5.32 Å². The summed E-state index contributed by atoms with van der Waals surface area (Å²) in [4.78, 5) is 16.1. The second-order valence-electron chi connectivity index (χ2n) is 5.73. The molecule has 1 saturated heterocycles. The molecule has 0 unspecified atom stereocenters. The highest BCUT2D eigenvalue weighted by Gasteiger charge is 2.45. The molecule has 1 aliphatic rings. The Morgan fingerprint density at radius 1 is 1.47 bits per heavy atom. The third kappa shape index (κ3) is 2.77. The quantitative estimate of drug-likeness (QED) is 0.811. The summed E-state index contributed by atoms with van der Waals surface area (Å²) in [6.07, 6.45) is 3.49. The van der Waals surface area contributed by atoms with Gasteiger partial charge in [0, 0.05) is 24.4 Å². The van der Waals surface area contributed by atoms with Crippen molar-refractivity contribution in [1.29, 1.82) is 0 Å². The highest BCUT2D eigenvalue weighted by molar-refractivity contribution is 5.84. The first kappa shape index (κ1) is 14.0. The molecule has 0 atom stereocenters. The lowest BCUT2D eigenvalue weighted by molar-refractivity contribution is -0.170. The summed E-state index contributed by atoms with van der Waals surface area (Å²) in [7, 11) is 0. The number of carbonyl (C=O) groups is 1. The molecule has 2 rings (SSSR count). The van der Waals surface area contributed by atoms with Crippen molar-refractivity contribution in [3.8, 4) is 0 Å². The number of carbonyl (C=O) groups excluding carboxylic acids is 1. The number of rotatable bonds is 5. The van der Waals surface area contributed by atoms with Crippen LogP contribution in [0.3, 0.4) is 0 Å². The third-order valence-corrected chi connectivity index (χ3v) is 3.69. The van der Waals surface area contributed by atoms with E-state index < -0.39 is 5.41 Å². The van der Waals surface area contributed by atoms with Gasteiger partial charge < -0.3 is 15.2 Å². The Labute approximate surface area is 113 Å². The average molecular weight is 264 g/mol. The normalized spacial score (nSPS) is 17.6. The number of hydrogen-bond acceptors (Lipinski definition) is 4. The van der Waals surface area contributed by atoms with Gasteiger partial charge in [0.25, 0.3) is 0 Å². The molecule has 104 valence electrons. The Balaban J connectivity index is 1.96. The molecule has 0 saturated carbocycles. The number of aliphatic hydroxyl groups excluding tert-OH is 1. The second-order valence-corrected chi connectivity index (χ2v) is 5.73. The van der Waals surface area contributed by atoms with Crippen LogP contribution in [0.15, 0.2) is 24.5 Å². The fourth-order valence-electron chi connectivity index (χ4n) is 2.04. The average Bonchev–Trinajstić information content (AvgIpc) is 2.37. The van der Waals surface area contributed by atoms with Gasteiger partial charge in [0.1, 0.15) is 5.41 Å². The van der Waals surface area contributed by atoms with E-state index in [4.69, 9.17) is 4.74 Å². The molecular weight excluding hydrogens is 244 g/mol. The first-order valence-corrected chi connectivity index (χ1v) is 6.38. The summed E-state index contributed by atoms with van der Waals surface area (Å²) in [6.45, 7) is 5.05. The van der Waals surface area contributed by atoms with Crippen LogP contribution in [0.5, 0.6) is 0 Å². The van der Waals surface area contributed by atoms with Crippen molar-refractivity contribution in [2.24, 2.45) is 5.41 Å². The van der Waals surface area contributed by atoms with E-state index in [0.29, 0.717) is 19.8 Å². The molecule has 1 aromatic heterocycles.